The number of halogens is 2. The Balaban J connectivity index is 2.29. The van der Waals surface area contributed by atoms with E-state index in [1.165, 1.54) is 18.3 Å². The van der Waals surface area contributed by atoms with E-state index in [9.17, 15) is 8.42 Å². The van der Waals surface area contributed by atoms with Gasteiger partial charge in [0.1, 0.15) is 4.90 Å². The summed E-state index contributed by atoms with van der Waals surface area (Å²) in [5.74, 6) is 0. The van der Waals surface area contributed by atoms with Crippen LogP contribution in [0, 0.1) is 0 Å². The summed E-state index contributed by atoms with van der Waals surface area (Å²) in [6.45, 7) is 0.232. The molecule has 2 rings (SSSR count). The number of hydrogen-bond acceptors (Lipinski definition) is 4. The predicted octanol–water partition coefficient (Wildman–Crippen LogP) is 1.65. The fourth-order valence-corrected chi connectivity index (χ4v) is 3.45. The van der Waals surface area contributed by atoms with Gasteiger partial charge in [-0.25, -0.2) is 13.1 Å². The molecule has 108 valence electrons. The van der Waals surface area contributed by atoms with Crippen LogP contribution in [0.5, 0.6) is 0 Å². The van der Waals surface area contributed by atoms with Crippen LogP contribution >= 0.6 is 23.2 Å². The molecule has 0 bridgehead atoms. The number of nitrogens with two attached hydrogens (primary N) is 1. The van der Waals surface area contributed by atoms with Crippen LogP contribution in [0.1, 0.15) is 11.1 Å². The summed E-state index contributed by atoms with van der Waals surface area (Å²) in [5.41, 5.74) is 6.73. The van der Waals surface area contributed by atoms with E-state index in [0.717, 1.165) is 0 Å². The van der Waals surface area contributed by atoms with Gasteiger partial charge in [0.25, 0.3) is 0 Å². The van der Waals surface area contributed by atoms with E-state index in [1.807, 2.05) is 0 Å². The average Bonchev–Trinajstić information content (AvgIpc) is 2.89. The first-order valence-corrected chi connectivity index (χ1v) is 7.83. The summed E-state index contributed by atoms with van der Waals surface area (Å²) in [5, 5.41) is 6.72. The minimum atomic E-state index is -3.75. The number of sulfonamides is 1. The lowest BCUT2D eigenvalue weighted by molar-refractivity contribution is 0.581. The normalized spacial score (nSPS) is 11.8. The highest BCUT2D eigenvalue weighted by Gasteiger charge is 2.19. The quantitative estimate of drug-likeness (QED) is 0.773. The highest BCUT2D eigenvalue weighted by atomic mass is 35.5. The Kier molecular flexibility index (Phi) is 4.66. The molecular formula is C11H12Cl2N4O2S. The molecule has 0 aliphatic rings. The molecule has 2 aromatic rings. The van der Waals surface area contributed by atoms with Gasteiger partial charge in [0.2, 0.25) is 10.0 Å². The molecular weight excluding hydrogens is 323 g/mol. The first kappa shape index (κ1) is 15.3. The van der Waals surface area contributed by atoms with Crippen LogP contribution in [-0.4, -0.2) is 18.6 Å². The number of nitrogens with zero attached hydrogens (tertiary/aromatic N) is 1. The third-order valence-corrected chi connectivity index (χ3v) is 4.85. The lowest BCUT2D eigenvalue weighted by atomic mass is 10.2. The molecule has 6 nitrogen and oxygen atoms in total. The molecule has 0 saturated heterocycles. The summed E-state index contributed by atoms with van der Waals surface area (Å²) in [6.07, 6.45) is 3.12. The fourth-order valence-electron chi connectivity index (χ4n) is 1.56. The van der Waals surface area contributed by atoms with Crippen molar-refractivity contribution in [1.29, 1.82) is 0 Å². The predicted molar refractivity (Wildman–Crippen MR) is 77.0 cm³/mol. The molecule has 0 saturated carbocycles. The summed E-state index contributed by atoms with van der Waals surface area (Å²) < 4.78 is 26.9. The fraction of sp³-hybridized carbons (Fsp3) is 0.182. The van der Waals surface area contributed by atoms with Crippen LogP contribution in [-0.2, 0) is 23.1 Å². The van der Waals surface area contributed by atoms with Gasteiger partial charge in [0, 0.05) is 29.9 Å². The Labute approximate surface area is 126 Å². The van der Waals surface area contributed by atoms with E-state index in [-0.39, 0.29) is 23.0 Å². The topological polar surface area (TPSA) is 101 Å². The van der Waals surface area contributed by atoms with Crippen molar-refractivity contribution in [1.82, 2.24) is 14.9 Å². The number of H-pyrrole nitrogens is 1. The second kappa shape index (κ2) is 6.11. The van der Waals surface area contributed by atoms with E-state index in [1.54, 1.807) is 6.20 Å². The maximum atomic E-state index is 12.2. The van der Waals surface area contributed by atoms with E-state index in [2.05, 4.69) is 14.9 Å². The molecule has 0 radical (unpaired) electrons. The number of nitrogens with one attached hydrogen (secondary N) is 2. The summed E-state index contributed by atoms with van der Waals surface area (Å²) in [7, 11) is -3.75. The highest BCUT2D eigenvalue weighted by molar-refractivity contribution is 7.89. The zero-order valence-corrected chi connectivity index (χ0v) is 12.6. The SMILES string of the molecule is NCc1cc(S(=O)(=O)NCc2cn[nH]c2)c(Cl)cc1Cl. The van der Waals surface area contributed by atoms with Crippen molar-refractivity contribution in [3.8, 4) is 0 Å². The maximum absolute atomic E-state index is 12.2. The van der Waals surface area contributed by atoms with Crippen molar-refractivity contribution in [2.45, 2.75) is 18.0 Å². The van der Waals surface area contributed by atoms with Crippen molar-refractivity contribution in [3.63, 3.8) is 0 Å². The standard InChI is InChI=1S/C11H12Cl2N4O2S/c12-9-2-10(13)11(1-8(9)3-14)20(18,19)17-6-7-4-15-16-5-7/h1-2,4-5,17H,3,6,14H2,(H,15,16). The molecule has 9 heteroatoms. The highest BCUT2D eigenvalue weighted by Crippen LogP contribution is 2.28. The largest absolute Gasteiger partial charge is 0.326 e. The third kappa shape index (κ3) is 3.31. The lowest BCUT2D eigenvalue weighted by Gasteiger charge is -2.10. The van der Waals surface area contributed by atoms with Gasteiger partial charge >= 0.3 is 0 Å². The van der Waals surface area contributed by atoms with Crippen LogP contribution in [0.4, 0.5) is 0 Å². The van der Waals surface area contributed by atoms with Crippen molar-refractivity contribution < 1.29 is 8.42 Å². The van der Waals surface area contributed by atoms with Gasteiger partial charge < -0.3 is 5.73 Å². The molecule has 0 aliphatic heterocycles. The van der Waals surface area contributed by atoms with Gasteiger partial charge in [-0.1, -0.05) is 23.2 Å². The second-order valence-corrected chi connectivity index (χ2v) is 6.56. The van der Waals surface area contributed by atoms with Crippen molar-refractivity contribution in [3.05, 3.63) is 45.7 Å². The van der Waals surface area contributed by atoms with Crippen molar-refractivity contribution in [2.24, 2.45) is 5.73 Å². The first-order chi connectivity index (χ1) is 9.44. The lowest BCUT2D eigenvalue weighted by Crippen LogP contribution is -2.23. The average molecular weight is 335 g/mol. The van der Waals surface area contributed by atoms with Gasteiger partial charge in [-0.3, -0.25) is 5.10 Å². The minimum Gasteiger partial charge on any atom is -0.326 e. The van der Waals surface area contributed by atoms with E-state index in [0.29, 0.717) is 16.1 Å². The number of aromatic amines is 1. The first-order valence-electron chi connectivity index (χ1n) is 5.59. The molecule has 1 aromatic carbocycles. The van der Waals surface area contributed by atoms with Crippen LogP contribution in [0.15, 0.2) is 29.4 Å². The summed E-state index contributed by atoms with van der Waals surface area (Å²) in [6, 6.07) is 2.75. The van der Waals surface area contributed by atoms with Gasteiger partial charge in [0.15, 0.2) is 0 Å². The number of rotatable bonds is 5. The summed E-state index contributed by atoms with van der Waals surface area (Å²) >= 11 is 11.9. The number of hydrogen-bond donors (Lipinski definition) is 3. The minimum absolute atomic E-state index is 0.0480. The number of benzene rings is 1. The number of aromatic nitrogens is 2. The molecule has 0 spiro atoms. The molecule has 0 amide bonds. The molecule has 1 aromatic heterocycles. The molecule has 20 heavy (non-hydrogen) atoms. The molecule has 0 aliphatic carbocycles. The van der Waals surface area contributed by atoms with Crippen LogP contribution in [0.25, 0.3) is 0 Å². The monoisotopic (exact) mass is 334 g/mol. The third-order valence-electron chi connectivity index (χ3n) is 2.63. The van der Waals surface area contributed by atoms with Crippen LogP contribution in [0.3, 0.4) is 0 Å². The van der Waals surface area contributed by atoms with Crippen LogP contribution in [0.2, 0.25) is 10.0 Å². The van der Waals surface area contributed by atoms with Gasteiger partial charge in [0.05, 0.1) is 11.2 Å². The Hall–Kier alpha value is -1.12. The smallest absolute Gasteiger partial charge is 0.242 e. The van der Waals surface area contributed by atoms with Crippen LogP contribution < -0.4 is 10.5 Å². The van der Waals surface area contributed by atoms with E-state index >= 15 is 0 Å². The molecule has 0 atom stereocenters. The Morgan fingerprint density at radius 2 is 2.05 bits per heavy atom. The molecule has 4 N–H and O–H groups in total. The Bertz CT molecular complexity index is 701. The van der Waals surface area contributed by atoms with Gasteiger partial charge in [-0.2, -0.15) is 5.10 Å². The van der Waals surface area contributed by atoms with Crippen molar-refractivity contribution >= 4 is 33.2 Å². The van der Waals surface area contributed by atoms with Crippen molar-refractivity contribution in [2.75, 3.05) is 0 Å². The Morgan fingerprint density at radius 1 is 1.30 bits per heavy atom. The van der Waals surface area contributed by atoms with E-state index < -0.39 is 10.0 Å². The molecule has 1 heterocycles. The molecule has 0 fully saturated rings. The zero-order valence-electron chi connectivity index (χ0n) is 10.2. The summed E-state index contributed by atoms with van der Waals surface area (Å²) in [4.78, 5) is -0.0486. The molecule has 0 unspecified atom stereocenters. The van der Waals surface area contributed by atoms with Gasteiger partial charge in [-0.05, 0) is 17.7 Å². The maximum Gasteiger partial charge on any atom is 0.242 e. The zero-order chi connectivity index (χ0) is 14.8. The van der Waals surface area contributed by atoms with Gasteiger partial charge in [-0.15, -0.1) is 0 Å². The Morgan fingerprint density at radius 3 is 2.65 bits per heavy atom. The van der Waals surface area contributed by atoms with E-state index in [4.69, 9.17) is 28.9 Å². The second-order valence-electron chi connectivity index (χ2n) is 4.01.